The van der Waals surface area contributed by atoms with Crippen molar-refractivity contribution < 1.29 is 0 Å². The fraction of sp³-hybridized carbons (Fsp3) is 0.333. The van der Waals surface area contributed by atoms with Crippen molar-refractivity contribution >= 4 is 28.7 Å². The molecule has 4 nitrogen and oxygen atoms in total. The predicted octanol–water partition coefficient (Wildman–Crippen LogP) is 0.0234. The number of thiocarbonyl (C=S) groups is 1. The number of nitrogens with two attached hydrogens (primary N) is 1. The molecule has 0 fully saturated rings. The van der Waals surface area contributed by atoms with Crippen molar-refractivity contribution in [3.8, 4) is 0 Å². The maximum absolute atomic E-state index is 5.06. The molecule has 1 rings (SSSR count). The Balaban J connectivity index is 2.15. The Morgan fingerprint density at radius 1 is 1.75 bits per heavy atom. The standard InChI is InChI=1S/C6H10N4S2/c7-10-6(11)9-2-1-5-8-3-4-12-5/h3-4H,1-2,7H2,(H2,9,10,11). The van der Waals surface area contributed by atoms with Gasteiger partial charge in [-0.15, -0.1) is 11.3 Å². The maximum Gasteiger partial charge on any atom is 0.180 e. The largest absolute Gasteiger partial charge is 0.361 e. The summed E-state index contributed by atoms with van der Waals surface area (Å²) in [7, 11) is 0. The van der Waals surface area contributed by atoms with Gasteiger partial charge in [0.25, 0.3) is 0 Å². The number of thiazole rings is 1. The van der Waals surface area contributed by atoms with Crippen LogP contribution in [0.5, 0.6) is 0 Å². The SMILES string of the molecule is NNC(=S)NCCc1nccs1. The molecule has 0 spiro atoms. The summed E-state index contributed by atoms with van der Waals surface area (Å²) in [5.41, 5.74) is 2.35. The van der Waals surface area contributed by atoms with E-state index in [1.54, 1.807) is 17.5 Å². The molecule has 66 valence electrons. The molecule has 0 aliphatic rings. The monoisotopic (exact) mass is 202 g/mol. The number of hydrazine groups is 1. The number of hydrogen-bond donors (Lipinski definition) is 3. The smallest absolute Gasteiger partial charge is 0.180 e. The van der Waals surface area contributed by atoms with Crippen LogP contribution in [0.25, 0.3) is 0 Å². The summed E-state index contributed by atoms with van der Waals surface area (Å²) < 4.78 is 0. The van der Waals surface area contributed by atoms with Crippen LogP contribution in [0.3, 0.4) is 0 Å². The van der Waals surface area contributed by atoms with Crippen LogP contribution < -0.4 is 16.6 Å². The van der Waals surface area contributed by atoms with Crippen LogP contribution in [0.2, 0.25) is 0 Å². The van der Waals surface area contributed by atoms with Crippen LogP contribution in [0.1, 0.15) is 5.01 Å². The number of hydrogen-bond acceptors (Lipinski definition) is 4. The molecule has 4 N–H and O–H groups in total. The molecule has 0 aromatic carbocycles. The highest BCUT2D eigenvalue weighted by atomic mass is 32.1. The van der Waals surface area contributed by atoms with E-state index in [-0.39, 0.29) is 0 Å². The average molecular weight is 202 g/mol. The Labute approximate surface area is 80.2 Å². The molecule has 6 heteroatoms. The molecule has 1 aromatic rings. The van der Waals surface area contributed by atoms with E-state index < -0.39 is 0 Å². The van der Waals surface area contributed by atoms with Crippen molar-refractivity contribution in [1.82, 2.24) is 15.7 Å². The summed E-state index contributed by atoms with van der Waals surface area (Å²) in [6, 6.07) is 0. The molecule has 0 saturated heterocycles. The topological polar surface area (TPSA) is 63.0 Å². The Hall–Kier alpha value is -0.720. The quantitative estimate of drug-likeness (QED) is 0.366. The minimum atomic E-state index is 0.464. The average Bonchev–Trinajstić information content (AvgIpc) is 2.57. The second-order valence-electron chi connectivity index (χ2n) is 2.08. The van der Waals surface area contributed by atoms with E-state index in [9.17, 15) is 0 Å². The molecule has 0 amide bonds. The van der Waals surface area contributed by atoms with Gasteiger partial charge in [0, 0.05) is 24.5 Å². The summed E-state index contributed by atoms with van der Waals surface area (Å²) in [6.45, 7) is 0.760. The van der Waals surface area contributed by atoms with E-state index in [0.717, 1.165) is 18.0 Å². The van der Waals surface area contributed by atoms with Crippen molar-refractivity contribution in [3.05, 3.63) is 16.6 Å². The van der Waals surface area contributed by atoms with Gasteiger partial charge in [-0.1, -0.05) is 0 Å². The predicted molar refractivity (Wildman–Crippen MR) is 53.7 cm³/mol. The van der Waals surface area contributed by atoms with Gasteiger partial charge in [-0.3, -0.25) is 0 Å². The first-order valence-electron chi connectivity index (χ1n) is 3.45. The maximum atomic E-state index is 5.06. The third-order valence-electron chi connectivity index (χ3n) is 1.24. The zero-order valence-electron chi connectivity index (χ0n) is 6.41. The Bertz CT molecular complexity index is 234. The first-order valence-corrected chi connectivity index (χ1v) is 4.74. The van der Waals surface area contributed by atoms with Crippen LogP contribution in [0.4, 0.5) is 0 Å². The van der Waals surface area contributed by atoms with Gasteiger partial charge in [-0.25, -0.2) is 10.8 Å². The van der Waals surface area contributed by atoms with Crippen molar-refractivity contribution in [1.29, 1.82) is 0 Å². The van der Waals surface area contributed by atoms with E-state index >= 15 is 0 Å². The Kier molecular flexibility index (Phi) is 3.92. The summed E-state index contributed by atoms with van der Waals surface area (Å²) in [5, 5.41) is 6.45. The van der Waals surface area contributed by atoms with Crippen LogP contribution in [0, 0.1) is 0 Å². The molecule has 1 heterocycles. The second-order valence-corrected chi connectivity index (χ2v) is 3.46. The minimum absolute atomic E-state index is 0.464. The summed E-state index contributed by atoms with van der Waals surface area (Å²) in [4.78, 5) is 4.12. The van der Waals surface area contributed by atoms with E-state index in [2.05, 4.69) is 15.7 Å². The number of nitrogens with zero attached hydrogens (tertiary/aromatic N) is 1. The van der Waals surface area contributed by atoms with E-state index in [4.69, 9.17) is 18.1 Å². The number of aromatic nitrogens is 1. The van der Waals surface area contributed by atoms with E-state index in [1.807, 2.05) is 5.38 Å². The molecule has 0 atom stereocenters. The van der Waals surface area contributed by atoms with Crippen LogP contribution in [-0.2, 0) is 6.42 Å². The van der Waals surface area contributed by atoms with Crippen molar-refractivity contribution in [2.75, 3.05) is 6.54 Å². The summed E-state index contributed by atoms with van der Waals surface area (Å²) in [5.74, 6) is 5.06. The first-order chi connectivity index (χ1) is 5.83. The molecule has 0 unspecified atom stereocenters. The Morgan fingerprint density at radius 2 is 2.58 bits per heavy atom. The van der Waals surface area contributed by atoms with Gasteiger partial charge < -0.3 is 10.7 Å². The van der Waals surface area contributed by atoms with Gasteiger partial charge in [0.2, 0.25) is 0 Å². The molecule has 0 bridgehead atoms. The zero-order valence-corrected chi connectivity index (χ0v) is 8.04. The fourth-order valence-corrected chi connectivity index (χ4v) is 1.43. The Morgan fingerprint density at radius 3 is 3.17 bits per heavy atom. The van der Waals surface area contributed by atoms with Crippen molar-refractivity contribution in [3.63, 3.8) is 0 Å². The summed E-state index contributed by atoms with van der Waals surface area (Å²) >= 11 is 6.42. The molecule has 1 aromatic heterocycles. The molecular formula is C6H10N4S2. The van der Waals surface area contributed by atoms with E-state index in [1.165, 1.54) is 0 Å². The molecule has 0 radical (unpaired) electrons. The van der Waals surface area contributed by atoms with Crippen LogP contribution in [0.15, 0.2) is 11.6 Å². The van der Waals surface area contributed by atoms with Gasteiger partial charge >= 0.3 is 0 Å². The molecule has 0 aliphatic heterocycles. The van der Waals surface area contributed by atoms with Crippen LogP contribution in [-0.4, -0.2) is 16.6 Å². The molecule has 12 heavy (non-hydrogen) atoms. The highest BCUT2D eigenvalue weighted by Crippen LogP contribution is 2.03. The van der Waals surface area contributed by atoms with Gasteiger partial charge in [0.05, 0.1) is 5.01 Å². The highest BCUT2D eigenvalue weighted by molar-refractivity contribution is 7.80. The fourth-order valence-electron chi connectivity index (χ4n) is 0.710. The lowest BCUT2D eigenvalue weighted by molar-refractivity contribution is 0.831. The van der Waals surface area contributed by atoms with Gasteiger partial charge in [-0.05, 0) is 12.2 Å². The third kappa shape index (κ3) is 3.12. The van der Waals surface area contributed by atoms with Crippen molar-refractivity contribution in [2.45, 2.75) is 6.42 Å². The highest BCUT2D eigenvalue weighted by Gasteiger charge is 1.95. The minimum Gasteiger partial charge on any atom is -0.361 e. The van der Waals surface area contributed by atoms with Crippen LogP contribution >= 0.6 is 23.6 Å². The van der Waals surface area contributed by atoms with E-state index in [0.29, 0.717) is 5.11 Å². The third-order valence-corrected chi connectivity index (χ3v) is 2.34. The lowest BCUT2D eigenvalue weighted by Crippen LogP contribution is -2.40. The lowest BCUT2D eigenvalue weighted by atomic mass is 10.4. The van der Waals surface area contributed by atoms with Gasteiger partial charge in [0.1, 0.15) is 0 Å². The normalized spacial score (nSPS) is 9.42. The summed E-state index contributed by atoms with van der Waals surface area (Å²) in [6.07, 6.45) is 2.67. The van der Waals surface area contributed by atoms with Gasteiger partial charge in [-0.2, -0.15) is 0 Å². The number of nitrogens with one attached hydrogen (secondary N) is 2. The molecule has 0 saturated carbocycles. The van der Waals surface area contributed by atoms with Crippen molar-refractivity contribution in [2.24, 2.45) is 5.84 Å². The zero-order chi connectivity index (χ0) is 8.81. The van der Waals surface area contributed by atoms with Gasteiger partial charge in [0.15, 0.2) is 5.11 Å². The second kappa shape index (κ2) is 5.02. The molecular weight excluding hydrogens is 192 g/mol. The lowest BCUT2D eigenvalue weighted by Gasteiger charge is -2.04. The number of rotatable bonds is 3. The molecule has 0 aliphatic carbocycles. The first kappa shape index (κ1) is 9.37.